The van der Waals surface area contributed by atoms with Crippen LogP contribution < -0.4 is 5.32 Å². The summed E-state index contributed by atoms with van der Waals surface area (Å²) in [5.74, 6) is 0.508. The third-order valence-corrected chi connectivity index (χ3v) is 6.83. The Balaban J connectivity index is 1.65. The smallest absolute Gasteiger partial charge is 0.273 e. The number of non-ortho nitro benzene ring substituents is 1. The number of carbonyl (C=O) groups excluding carboxylic acids is 1. The van der Waals surface area contributed by atoms with E-state index in [9.17, 15) is 25.0 Å². The lowest BCUT2D eigenvalue weighted by Gasteiger charge is -2.16. The zero-order valence-electron chi connectivity index (χ0n) is 20.8. The first-order valence-corrected chi connectivity index (χ1v) is 12.6. The standard InChI is InChI=1S/C26H24N6O5S/c1-16-5-4-6-19(13-16)15-38-26-29-28-24(30(26)21-9-11-22(12-10-21)31(34)35)18(3)27-25(33)20-8-7-17(2)23(14-20)32(36)37/h4-14,18H,15H2,1-3H3,(H,27,33)/t18-/m0/s1. The topological polar surface area (TPSA) is 146 Å². The lowest BCUT2D eigenvalue weighted by molar-refractivity contribution is -0.385. The molecule has 0 radical (unpaired) electrons. The number of amides is 1. The second-order valence-electron chi connectivity index (χ2n) is 8.68. The van der Waals surface area contributed by atoms with Crippen molar-refractivity contribution in [3.8, 4) is 5.69 Å². The lowest BCUT2D eigenvalue weighted by Crippen LogP contribution is -2.28. The minimum Gasteiger partial charge on any atom is -0.342 e. The Labute approximate surface area is 222 Å². The van der Waals surface area contributed by atoms with Crippen LogP contribution in [0.3, 0.4) is 0 Å². The summed E-state index contributed by atoms with van der Waals surface area (Å²) >= 11 is 1.44. The van der Waals surface area contributed by atoms with Crippen LogP contribution >= 0.6 is 11.8 Å². The van der Waals surface area contributed by atoms with Gasteiger partial charge >= 0.3 is 0 Å². The van der Waals surface area contributed by atoms with Gasteiger partial charge in [-0.2, -0.15) is 0 Å². The molecule has 11 nitrogen and oxygen atoms in total. The van der Waals surface area contributed by atoms with Crippen LogP contribution in [0.2, 0.25) is 0 Å². The SMILES string of the molecule is Cc1cccc(CSc2nnc([C@H](C)NC(=O)c3ccc(C)c([N+](=O)[O-])c3)n2-c2ccc([N+](=O)[O-])cc2)c1. The molecular weight excluding hydrogens is 508 g/mol. The number of benzene rings is 3. The van der Waals surface area contributed by atoms with Crippen LogP contribution in [0.15, 0.2) is 71.9 Å². The number of nitrogens with one attached hydrogen (secondary N) is 1. The van der Waals surface area contributed by atoms with Crippen molar-refractivity contribution in [2.45, 2.75) is 37.7 Å². The van der Waals surface area contributed by atoms with Gasteiger partial charge in [-0.05, 0) is 44.5 Å². The molecule has 0 spiro atoms. The molecule has 1 N–H and O–H groups in total. The number of aryl methyl sites for hydroxylation is 2. The van der Waals surface area contributed by atoms with Crippen LogP contribution in [0, 0.1) is 34.1 Å². The lowest BCUT2D eigenvalue weighted by atomic mass is 10.1. The van der Waals surface area contributed by atoms with E-state index in [4.69, 9.17) is 0 Å². The largest absolute Gasteiger partial charge is 0.342 e. The van der Waals surface area contributed by atoms with Crippen molar-refractivity contribution in [3.05, 3.63) is 115 Å². The van der Waals surface area contributed by atoms with Gasteiger partial charge in [0.15, 0.2) is 11.0 Å². The molecular formula is C26H24N6O5S. The summed E-state index contributed by atoms with van der Waals surface area (Å²) in [5, 5.41) is 34.5. The van der Waals surface area contributed by atoms with E-state index in [1.54, 1.807) is 30.5 Å². The molecule has 1 amide bonds. The van der Waals surface area contributed by atoms with Gasteiger partial charge in [0.05, 0.1) is 15.9 Å². The fraction of sp³-hybridized carbons (Fsp3) is 0.192. The first-order chi connectivity index (χ1) is 18.1. The number of rotatable bonds is 9. The van der Waals surface area contributed by atoms with Gasteiger partial charge in [-0.25, -0.2) is 0 Å². The zero-order valence-corrected chi connectivity index (χ0v) is 21.6. The number of aromatic nitrogens is 3. The highest BCUT2D eigenvalue weighted by Gasteiger charge is 2.23. The van der Waals surface area contributed by atoms with Gasteiger partial charge in [-0.15, -0.1) is 10.2 Å². The second-order valence-corrected chi connectivity index (χ2v) is 9.62. The van der Waals surface area contributed by atoms with Crippen molar-refractivity contribution in [3.63, 3.8) is 0 Å². The molecule has 1 atom stereocenters. The van der Waals surface area contributed by atoms with Crippen molar-refractivity contribution >= 4 is 29.0 Å². The van der Waals surface area contributed by atoms with Crippen LogP contribution in [0.1, 0.15) is 45.8 Å². The molecule has 1 heterocycles. The molecule has 12 heteroatoms. The zero-order chi connectivity index (χ0) is 27.4. The molecule has 0 aliphatic heterocycles. The molecule has 0 saturated carbocycles. The number of thioether (sulfide) groups is 1. The van der Waals surface area contributed by atoms with E-state index >= 15 is 0 Å². The average molecular weight is 533 g/mol. The first kappa shape index (κ1) is 26.5. The van der Waals surface area contributed by atoms with Gasteiger partial charge in [0, 0.05) is 40.8 Å². The summed E-state index contributed by atoms with van der Waals surface area (Å²) in [6.07, 6.45) is 0. The molecule has 0 saturated heterocycles. The van der Waals surface area contributed by atoms with Crippen LogP contribution in [-0.2, 0) is 5.75 Å². The summed E-state index contributed by atoms with van der Waals surface area (Å²) in [6.45, 7) is 5.34. The van der Waals surface area contributed by atoms with Gasteiger partial charge in [0.1, 0.15) is 0 Å². The van der Waals surface area contributed by atoms with E-state index in [0.29, 0.717) is 28.0 Å². The van der Waals surface area contributed by atoms with Crippen molar-refractivity contribution < 1.29 is 14.6 Å². The molecule has 3 aromatic carbocycles. The Bertz CT molecular complexity index is 1520. The highest BCUT2D eigenvalue weighted by molar-refractivity contribution is 7.98. The van der Waals surface area contributed by atoms with E-state index in [-0.39, 0.29) is 16.9 Å². The van der Waals surface area contributed by atoms with Crippen LogP contribution in [0.4, 0.5) is 11.4 Å². The molecule has 0 bridgehead atoms. The molecule has 4 rings (SSSR count). The summed E-state index contributed by atoms with van der Waals surface area (Å²) in [4.78, 5) is 34.4. The predicted molar refractivity (Wildman–Crippen MR) is 142 cm³/mol. The van der Waals surface area contributed by atoms with Gasteiger partial charge in [-0.3, -0.25) is 29.6 Å². The summed E-state index contributed by atoms with van der Waals surface area (Å²) in [5.41, 5.74) is 3.21. The van der Waals surface area contributed by atoms with E-state index in [0.717, 1.165) is 11.1 Å². The maximum Gasteiger partial charge on any atom is 0.273 e. The molecule has 38 heavy (non-hydrogen) atoms. The minimum absolute atomic E-state index is 0.0559. The normalized spacial score (nSPS) is 11.7. The molecule has 0 unspecified atom stereocenters. The first-order valence-electron chi connectivity index (χ1n) is 11.6. The molecule has 0 fully saturated rings. The Hall–Kier alpha value is -4.58. The third-order valence-electron chi connectivity index (χ3n) is 5.83. The van der Waals surface area contributed by atoms with E-state index in [1.807, 2.05) is 25.1 Å². The maximum absolute atomic E-state index is 13.0. The number of nitrogens with zero attached hydrogens (tertiary/aromatic N) is 5. The van der Waals surface area contributed by atoms with Crippen LogP contribution in [0.5, 0.6) is 0 Å². The number of hydrogen-bond acceptors (Lipinski definition) is 8. The Morgan fingerprint density at radius 2 is 1.74 bits per heavy atom. The molecule has 194 valence electrons. The molecule has 4 aromatic rings. The summed E-state index contributed by atoms with van der Waals surface area (Å²) < 4.78 is 1.74. The van der Waals surface area contributed by atoms with Crippen molar-refractivity contribution in [1.29, 1.82) is 0 Å². The number of nitro benzene ring substituents is 2. The van der Waals surface area contributed by atoms with Crippen molar-refractivity contribution in [1.82, 2.24) is 20.1 Å². The maximum atomic E-state index is 13.0. The van der Waals surface area contributed by atoms with Crippen molar-refractivity contribution in [2.75, 3.05) is 0 Å². The third kappa shape index (κ3) is 5.86. The van der Waals surface area contributed by atoms with Gasteiger partial charge in [0.2, 0.25) is 0 Å². The molecule has 0 aliphatic carbocycles. The quantitative estimate of drug-likeness (QED) is 0.169. The van der Waals surface area contributed by atoms with Crippen molar-refractivity contribution in [2.24, 2.45) is 0 Å². The summed E-state index contributed by atoms with van der Waals surface area (Å²) in [7, 11) is 0. The monoisotopic (exact) mass is 532 g/mol. The second kappa shape index (κ2) is 11.2. The van der Waals surface area contributed by atoms with Gasteiger partial charge in [-0.1, -0.05) is 47.7 Å². The van der Waals surface area contributed by atoms with Crippen LogP contribution in [-0.4, -0.2) is 30.5 Å². The minimum atomic E-state index is -0.640. The van der Waals surface area contributed by atoms with Crippen LogP contribution in [0.25, 0.3) is 5.69 Å². The highest BCUT2D eigenvalue weighted by Crippen LogP contribution is 2.29. The van der Waals surface area contributed by atoms with E-state index in [1.165, 1.54) is 42.1 Å². The van der Waals surface area contributed by atoms with E-state index < -0.39 is 21.8 Å². The van der Waals surface area contributed by atoms with Gasteiger partial charge in [0.25, 0.3) is 17.3 Å². The fourth-order valence-corrected chi connectivity index (χ4v) is 4.76. The number of hydrogen-bond donors (Lipinski definition) is 1. The van der Waals surface area contributed by atoms with Gasteiger partial charge < -0.3 is 5.32 Å². The number of carbonyl (C=O) groups is 1. The summed E-state index contributed by atoms with van der Waals surface area (Å²) in [6, 6.07) is 17.7. The Morgan fingerprint density at radius 1 is 1.00 bits per heavy atom. The predicted octanol–water partition coefficient (Wildman–Crippen LogP) is 5.48. The highest BCUT2D eigenvalue weighted by atomic mass is 32.2. The Kier molecular flexibility index (Phi) is 7.82. The number of nitro groups is 2. The Morgan fingerprint density at radius 3 is 2.39 bits per heavy atom. The van der Waals surface area contributed by atoms with E-state index in [2.05, 4.69) is 21.6 Å². The fourth-order valence-electron chi connectivity index (χ4n) is 3.86. The average Bonchev–Trinajstić information content (AvgIpc) is 3.31. The molecule has 0 aliphatic rings. The molecule has 1 aromatic heterocycles.